The third-order valence-corrected chi connectivity index (χ3v) is 5.43. The van der Waals surface area contributed by atoms with Crippen LogP contribution in [0.5, 0.6) is 0 Å². The van der Waals surface area contributed by atoms with E-state index in [4.69, 9.17) is 17.3 Å². The summed E-state index contributed by atoms with van der Waals surface area (Å²) < 4.78 is 0. The highest BCUT2D eigenvalue weighted by Gasteiger charge is 2.37. The number of amides is 4. The van der Waals surface area contributed by atoms with Crippen LogP contribution in [0.2, 0.25) is 5.02 Å². The Balaban J connectivity index is 1.63. The monoisotopic (exact) mass is 443 g/mol. The third kappa shape index (κ3) is 6.44. The van der Waals surface area contributed by atoms with E-state index in [2.05, 4.69) is 20.9 Å². The highest BCUT2D eigenvalue weighted by Crippen LogP contribution is 2.33. The molecule has 1 saturated heterocycles. The summed E-state index contributed by atoms with van der Waals surface area (Å²) in [5.74, 6) is -0.702. The minimum absolute atomic E-state index is 0.0636. The van der Waals surface area contributed by atoms with Crippen molar-refractivity contribution >= 4 is 40.8 Å². The maximum Gasteiger partial charge on any atom is 0.319 e. The van der Waals surface area contributed by atoms with Crippen LogP contribution in [-0.2, 0) is 9.59 Å². The number of halogens is 1. The Morgan fingerprint density at radius 2 is 1.74 bits per heavy atom. The molecule has 2 aromatic carbocycles. The maximum absolute atomic E-state index is 13.0. The molecule has 31 heavy (non-hydrogen) atoms. The number of primary amides is 1. The van der Waals surface area contributed by atoms with Gasteiger partial charge < -0.3 is 26.6 Å². The molecule has 8 nitrogen and oxygen atoms in total. The fourth-order valence-corrected chi connectivity index (χ4v) is 3.82. The van der Waals surface area contributed by atoms with E-state index < -0.39 is 11.9 Å². The van der Waals surface area contributed by atoms with E-state index >= 15 is 0 Å². The lowest BCUT2D eigenvalue weighted by molar-refractivity contribution is -0.120. The fourth-order valence-electron chi connectivity index (χ4n) is 3.70. The van der Waals surface area contributed by atoms with Crippen molar-refractivity contribution in [2.75, 3.05) is 37.3 Å². The molecule has 1 aliphatic heterocycles. The second-order valence-corrected chi connectivity index (χ2v) is 8.09. The number of nitrogens with one attached hydrogen (secondary N) is 3. The first-order chi connectivity index (χ1) is 14.8. The van der Waals surface area contributed by atoms with Crippen molar-refractivity contribution < 1.29 is 14.4 Å². The van der Waals surface area contributed by atoms with Crippen molar-refractivity contribution in [3.8, 4) is 0 Å². The number of nitrogens with two attached hydrogens (primary N) is 1. The van der Waals surface area contributed by atoms with Gasteiger partial charge in [-0.05, 0) is 42.9 Å². The summed E-state index contributed by atoms with van der Waals surface area (Å²) in [6.45, 7) is 1.59. The summed E-state index contributed by atoms with van der Waals surface area (Å²) >= 11 is 6.00. The zero-order valence-electron chi connectivity index (χ0n) is 17.2. The van der Waals surface area contributed by atoms with Crippen LogP contribution < -0.4 is 21.7 Å². The van der Waals surface area contributed by atoms with Gasteiger partial charge in [0.1, 0.15) is 0 Å². The summed E-state index contributed by atoms with van der Waals surface area (Å²) in [6.07, 6.45) is 0.0636. The van der Waals surface area contributed by atoms with Crippen LogP contribution in [0.3, 0.4) is 0 Å². The second-order valence-electron chi connectivity index (χ2n) is 7.65. The number of benzene rings is 2. The van der Waals surface area contributed by atoms with Crippen molar-refractivity contribution in [1.29, 1.82) is 0 Å². The van der Waals surface area contributed by atoms with Crippen molar-refractivity contribution in [2.24, 2.45) is 11.7 Å². The van der Waals surface area contributed by atoms with Crippen LogP contribution in [0, 0.1) is 5.92 Å². The second kappa shape index (κ2) is 10.3. The number of hydrogen-bond donors (Lipinski definition) is 4. The van der Waals surface area contributed by atoms with Gasteiger partial charge in [-0.15, -0.1) is 0 Å². The SMILES string of the molecule is CN1C[C@H](C(=O)Nc2cccc(NC(=O)NCCC(N)=O)c2)[C@@H](c2ccc(Cl)cc2)C1. The van der Waals surface area contributed by atoms with Gasteiger partial charge >= 0.3 is 6.03 Å². The molecule has 4 amide bonds. The molecule has 164 valence electrons. The molecule has 1 aliphatic rings. The van der Waals surface area contributed by atoms with Crippen molar-refractivity contribution in [3.05, 3.63) is 59.1 Å². The molecule has 3 rings (SSSR count). The smallest absolute Gasteiger partial charge is 0.319 e. The van der Waals surface area contributed by atoms with Gasteiger partial charge in [0.2, 0.25) is 11.8 Å². The molecular formula is C22H26ClN5O3. The van der Waals surface area contributed by atoms with Gasteiger partial charge in [-0.3, -0.25) is 9.59 Å². The maximum atomic E-state index is 13.0. The lowest BCUT2D eigenvalue weighted by Crippen LogP contribution is -2.31. The average molecular weight is 444 g/mol. The Kier molecular flexibility index (Phi) is 7.49. The number of urea groups is 1. The molecule has 1 fully saturated rings. The van der Waals surface area contributed by atoms with Gasteiger partial charge in [0, 0.05) is 48.4 Å². The lowest BCUT2D eigenvalue weighted by Gasteiger charge is -2.19. The van der Waals surface area contributed by atoms with Crippen LogP contribution in [0.4, 0.5) is 16.2 Å². The summed E-state index contributed by atoms with van der Waals surface area (Å²) in [5.41, 5.74) is 7.24. The van der Waals surface area contributed by atoms with E-state index in [0.717, 1.165) is 12.1 Å². The van der Waals surface area contributed by atoms with Crippen LogP contribution >= 0.6 is 11.6 Å². The van der Waals surface area contributed by atoms with Gasteiger partial charge in [-0.25, -0.2) is 4.79 Å². The predicted octanol–water partition coefficient (Wildman–Crippen LogP) is 2.62. The molecule has 2 aromatic rings. The average Bonchev–Trinajstić information content (AvgIpc) is 3.10. The molecule has 1 heterocycles. The van der Waals surface area contributed by atoms with Gasteiger partial charge in [0.05, 0.1) is 5.92 Å². The number of hydrogen-bond acceptors (Lipinski definition) is 4. The van der Waals surface area contributed by atoms with E-state index in [9.17, 15) is 14.4 Å². The Labute approximate surface area is 186 Å². The number of nitrogens with zero attached hydrogens (tertiary/aromatic N) is 1. The molecule has 0 spiro atoms. The van der Waals surface area contributed by atoms with Gasteiger partial charge in [0.25, 0.3) is 0 Å². The fraction of sp³-hybridized carbons (Fsp3) is 0.318. The zero-order chi connectivity index (χ0) is 22.4. The Bertz CT molecular complexity index is 950. The van der Waals surface area contributed by atoms with E-state index in [0.29, 0.717) is 22.9 Å². The molecule has 0 saturated carbocycles. The van der Waals surface area contributed by atoms with Gasteiger partial charge in [-0.1, -0.05) is 29.8 Å². The first kappa shape index (κ1) is 22.6. The standard InChI is InChI=1S/C22H26ClN5O3/c1-28-12-18(14-5-7-15(23)8-6-14)19(13-28)21(30)26-16-3-2-4-17(11-16)27-22(31)25-10-9-20(24)29/h2-8,11,18-19H,9-10,12-13H2,1H3,(H2,24,29)(H,26,30)(H2,25,27,31)/t18-,19+/m1/s1. The Morgan fingerprint density at radius 1 is 1.06 bits per heavy atom. The first-order valence-corrected chi connectivity index (χ1v) is 10.4. The quantitative estimate of drug-likeness (QED) is 0.526. The summed E-state index contributed by atoms with van der Waals surface area (Å²) in [4.78, 5) is 37.8. The molecular weight excluding hydrogens is 418 g/mol. The predicted molar refractivity (Wildman–Crippen MR) is 121 cm³/mol. The molecule has 0 aromatic heterocycles. The number of anilines is 2. The van der Waals surface area contributed by atoms with Crippen molar-refractivity contribution in [1.82, 2.24) is 10.2 Å². The van der Waals surface area contributed by atoms with E-state index in [-0.39, 0.29) is 30.7 Å². The van der Waals surface area contributed by atoms with E-state index in [1.807, 2.05) is 31.3 Å². The Morgan fingerprint density at radius 3 is 2.42 bits per heavy atom. The van der Waals surface area contributed by atoms with Gasteiger partial charge in [0.15, 0.2) is 0 Å². The number of rotatable bonds is 7. The summed E-state index contributed by atoms with van der Waals surface area (Å²) in [7, 11) is 2.00. The Hall–Kier alpha value is -3.10. The molecule has 0 bridgehead atoms. The van der Waals surface area contributed by atoms with Crippen LogP contribution in [0.15, 0.2) is 48.5 Å². The first-order valence-electron chi connectivity index (χ1n) is 10.00. The van der Waals surface area contributed by atoms with Crippen molar-refractivity contribution in [2.45, 2.75) is 12.3 Å². The van der Waals surface area contributed by atoms with Gasteiger partial charge in [-0.2, -0.15) is 0 Å². The molecule has 9 heteroatoms. The lowest BCUT2D eigenvalue weighted by atomic mass is 9.88. The molecule has 0 unspecified atom stereocenters. The molecule has 2 atom stereocenters. The number of likely N-dealkylation sites (tertiary alicyclic amines) is 1. The van der Waals surface area contributed by atoms with E-state index in [1.165, 1.54) is 0 Å². The summed E-state index contributed by atoms with van der Waals surface area (Å²) in [5, 5.41) is 8.85. The molecule has 0 aliphatic carbocycles. The third-order valence-electron chi connectivity index (χ3n) is 5.18. The topological polar surface area (TPSA) is 117 Å². The molecule has 0 radical (unpaired) electrons. The van der Waals surface area contributed by atoms with Crippen molar-refractivity contribution in [3.63, 3.8) is 0 Å². The zero-order valence-corrected chi connectivity index (χ0v) is 18.0. The van der Waals surface area contributed by atoms with Crippen LogP contribution in [-0.4, -0.2) is 49.4 Å². The highest BCUT2D eigenvalue weighted by atomic mass is 35.5. The van der Waals surface area contributed by atoms with Crippen LogP contribution in [0.1, 0.15) is 17.9 Å². The molecule has 5 N–H and O–H groups in total. The minimum atomic E-state index is -0.487. The van der Waals surface area contributed by atoms with E-state index in [1.54, 1.807) is 24.3 Å². The summed E-state index contributed by atoms with van der Waals surface area (Å²) in [6, 6.07) is 14.1. The normalized spacial score (nSPS) is 18.4. The largest absolute Gasteiger partial charge is 0.370 e. The van der Waals surface area contributed by atoms with Crippen LogP contribution in [0.25, 0.3) is 0 Å². The number of carbonyl (C=O) groups is 3. The highest BCUT2D eigenvalue weighted by molar-refractivity contribution is 6.30. The number of likely N-dealkylation sites (N-methyl/N-ethyl adjacent to an activating group) is 1. The number of carbonyl (C=O) groups excluding carboxylic acids is 3. The minimum Gasteiger partial charge on any atom is -0.370 e.